The molecule has 0 atom stereocenters. The van der Waals surface area contributed by atoms with Gasteiger partial charge in [0.25, 0.3) is 0 Å². The highest BCUT2D eigenvalue weighted by Gasteiger charge is 2.31. The maximum absolute atomic E-state index is 12.1. The summed E-state index contributed by atoms with van der Waals surface area (Å²) < 4.78 is 24.1. The van der Waals surface area contributed by atoms with Crippen LogP contribution < -0.4 is 5.32 Å². The van der Waals surface area contributed by atoms with Crippen molar-refractivity contribution in [2.75, 3.05) is 13.6 Å². The number of sulfone groups is 1. The van der Waals surface area contributed by atoms with Crippen LogP contribution in [0.25, 0.3) is 6.08 Å². The van der Waals surface area contributed by atoms with Crippen molar-refractivity contribution in [3.8, 4) is 5.75 Å². The normalized spacial score (nSPS) is 16.9. The molecule has 0 aliphatic carbocycles. The lowest BCUT2D eigenvalue weighted by atomic mass is 10.2. The number of fused-ring (bicyclic) bond motifs is 1. The predicted molar refractivity (Wildman–Crippen MR) is 61.8 cm³/mol. The molecule has 16 heavy (non-hydrogen) atoms. The molecular weight excluding hydrogens is 226 g/mol. The average Bonchev–Trinajstić information content (AvgIpc) is 2.48. The lowest BCUT2D eigenvalue weighted by Crippen LogP contribution is -2.11. The summed E-state index contributed by atoms with van der Waals surface area (Å²) in [5, 5.41) is 12.5. The lowest BCUT2D eigenvalue weighted by Gasteiger charge is -2.04. The zero-order valence-electron chi connectivity index (χ0n) is 8.90. The third kappa shape index (κ3) is 1.62. The fourth-order valence-electron chi connectivity index (χ4n) is 1.79. The highest BCUT2D eigenvalue weighted by atomic mass is 32.2. The summed E-state index contributed by atoms with van der Waals surface area (Å²) in [5.41, 5.74) is 0.575. The summed E-state index contributed by atoms with van der Waals surface area (Å²) in [6, 6.07) is 4.73. The maximum Gasteiger partial charge on any atom is 0.207 e. The zero-order chi connectivity index (χ0) is 11.8. The van der Waals surface area contributed by atoms with Gasteiger partial charge >= 0.3 is 0 Å². The molecule has 86 valence electrons. The molecule has 0 bridgehead atoms. The minimum absolute atomic E-state index is 0.0427. The molecule has 1 aromatic rings. The van der Waals surface area contributed by atoms with E-state index >= 15 is 0 Å². The third-order valence-electron chi connectivity index (χ3n) is 2.58. The van der Waals surface area contributed by atoms with Gasteiger partial charge in [-0.25, -0.2) is 8.42 Å². The first-order valence-electron chi connectivity index (χ1n) is 4.99. The highest BCUT2D eigenvalue weighted by Crippen LogP contribution is 2.39. The fourth-order valence-corrected chi connectivity index (χ4v) is 3.48. The van der Waals surface area contributed by atoms with Gasteiger partial charge in [0.2, 0.25) is 9.84 Å². The van der Waals surface area contributed by atoms with Crippen molar-refractivity contribution >= 4 is 15.9 Å². The van der Waals surface area contributed by atoms with Crippen LogP contribution in [-0.2, 0) is 9.84 Å². The Hall–Kier alpha value is -1.33. The van der Waals surface area contributed by atoms with Crippen molar-refractivity contribution in [2.45, 2.75) is 11.3 Å². The van der Waals surface area contributed by atoms with E-state index < -0.39 is 9.84 Å². The Kier molecular flexibility index (Phi) is 2.73. The van der Waals surface area contributed by atoms with Crippen LogP contribution in [0.2, 0.25) is 0 Å². The first kappa shape index (κ1) is 11.2. The van der Waals surface area contributed by atoms with Gasteiger partial charge in [-0.1, -0.05) is 12.1 Å². The number of aromatic hydroxyl groups is 1. The number of rotatable bonds is 3. The summed E-state index contributed by atoms with van der Waals surface area (Å²) in [4.78, 5) is 0.402. The largest absolute Gasteiger partial charge is 0.507 e. The summed E-state index contributed by atoms with van der Waals surface area (Å²) in [7, 11) is -1.71. The Labute approximate surface area is 94.5 Å². The lowest BCUT2D eigenvalue weighted by molar-refractivity contribution is 0.459. The molecule has 0 unspecified atom stereocenters. The fraction of sp³-hybridized carbons (Fsp3) is 0.273. The number of hydrogen-bond acceptors (Lipinski definition) is 4. The van der Waals surface area contributed by atoms with Gasteiger partial charge in [0, 0.05) is 0 Å². The molecule has 2 N–H and O–H groups in total. The van der Waals surface area contributed by atoms with Gasteiger partial charge in [0.05, 0.1) is 4.91 Å². The van der Waals surface area contributed by atoms with Gasteiger partial charge in [0.15, 0.2) is 0 Å². The van der Waals surface area contributed by atoms with Crippen molar-refractivity contribution in [1.29, 1.82) is 0 Å². The van der Waals surface area contributed by atoms with E-state index in [4.69, 9.17) is 0 Å². The molecule has 0 saturated heterocycles. The van der Waals surface area contributed by atoms with Gasteiger partial charge < -0.3 is 10.4 Å². The number of hydrogen-bond donors (Lipinski definition) is 2. The van der Waals surface area contributed by atoms with Gasteiger partial charge in [0.1, 0.15) is 10.6 Å². The summed E-state index contributed by atoms with van der Waals surface area (Å²) in [5.74, 6) is -0.173. The van der Waals surface area contributed by atoms with Crippen molar-refractivity contribution < 1.29 is 13.5 Å². The molecule has 1 heterocycles. The standard InChI is InChI=1S/C11H13NO3S/c1-12-6-5-9-7-8-3-2-4-10(13)11(8)16(9,14)15/h2-4,7,12-13H,5-6H2,1H3. The van der Waals surface area contributed by atoms with Crippen LogP contribution in [0.1, 0.15) is 12.0 Å². The molecule has 1 aliphatic heterocycles. The summed E-state index contributed by atoms with van der Waals surface area (Å²) in [6.07, 6.45) is 2.06. The SMILES string of the molecule is CNCCC1=Cc2cccc(O)c2S1(=O)=O. The van der Waals surface area contributed by atoms with E-state index in [0.29, 0.717) is 23.4 Å². The second kappa shape index (κ2) is 3.92. The van der Waals surface area contributed by atoms with E-state index in [1.54, 1.807) is 25.3 Å². The van der Waals surface area contributed by atoms with E-state index in [1.807, 2.05) is 0 Å². The first-order valence-corrected chi connectivity index (χ1v) is 6.48. The Balaban J connectivity index is 2.48. The molecule has 0 saturated carbocycles. The average molecular weight is 239 g/mol. The van der Waals surface area contributed by atoms with E-state index in [1.165, 1.54) is 6.07 Å². The van der Waals surface area contributed by atoms with E-state index in [9.17, 15) is 13.5 Å². The quantitative estimate of drug-likeness (QED) is 0.829. The van der Waals surface area contributed by atoms with Gasteiger partial charge in [-0.2, -0.15) is 0 Å². The summed E-state index contributed by atoms with van der Waals surface area (Å²) in [6.45, 7) is 0.597. The van der Waals surface area contributed by atoms with Crippen LogP contribution in [0, 0.1) is 0 Å². The second-order valence-electron chi connectivity index (χ2n) is 3.66. The van der Waals surface area contributed by atoms with Gasteiger partial charge in [-0.05, 0) is 37.7 Å². The van der Waals surface area contributed by atoms with Crippen molar-refractivity contribution in [3.63, 3.8) is 0 Å². The monoisotopic (exact) mass is 239 g/mol. The molecule has 0 radical (unpaired) electrons. The van der Waals surface area contributed by atoms with Crippen LogP contribution in [0.3, 0.4) is 0 Å². The van der Waals surface area contributed by atoms with Gasteiger partial charge in [-0.15, -0.1) is 0 Å². The Morgan fingerprint density at radius 1 is 1.38 bits per heavy atom. The molecule has 1 aliphatic rings. The molecule has 0 fully saturated rings. The summed E-state index contributed by atoms with van der Waals surface area (Å²) >= 11 is 0. The van der Waals surface area contributed by atoms with Crippen LogP contribution >= 0.6 is 0 Å². The predicted octanol–water partition coefficient (Wildman–Crippen LogP) is 1.13. The second-order valence-corrected chi connectivity index (χ2v) is 5.60. The number of benzene rings is 1. The zero-order valence-corrected chi connectivity index (χ0v) is 9.71. The van der Waals surface area contributed by atoms with Crippen LogP contribution in [0.4, 0.5) is 0 Å². The molecule has 4 nitrogen and oxygen atoms in total. The Bertz CT molecular complexity index is 546. The molecule has 0 amide bonds. The first-order chi connectivity index (χ1) is 7.57. The number of nitrogens with one attached hydrogen (secondary N) is 1. The molecule has 0 spiro atoms. The molecule has 5 heteroatoms. The van der Waals surface area contributed by atoms with Crippen LogP contribution in [0.5, 0.6) is 5.75 Å². The van der Waals surface area contributed by atoms with Crippen LogP contribution in [-0.4, -0.2) is 27.1 Å². The Morgan fingerprint density at radius 3 is 2.75 bits per heavy atom. The van der Waals surface area contributed by atoms with Crippen molar-refractivity contribution in [2.24, 2.45) is 0 Å². The minimum atomic E-state index is -3.48. The van der Waals surface area contributed by atoms with Crippen molar-refractivity contribution in [3.05, 3.63) is 28.7 Å². The smallest absolute Gasteiger partial charge is 0.207 e. The molecule has 2 rings (SSSR count). The van der Waals surface area contributed by atoms with Gasteiger partial charge in [-0.3, -0.25) is 0 Å². The Morgan fingerprint density at radius 2 is 2.12 bits per heavy atom. The van der Waals surface area contributed by atoms with Crippen molar-refractivity contribution in [1.82, 2.24) is 5.32 Å². The number of phenols is 1. The topological polar surface area (TPSA) is 66.4 Å². The molecular formula is C11H13NO3S. The number of phenolic OH excluding ortho intramolecular Hbond substituents is 1. The molecule has 0 aromatic heterocycles. The minimum Gasteiger partial charge on any atom is -0.507 e. The van der Waals surface area contributed by atoms with E-state index in [0.717, 1.165) is 0 Å². The van der Waals surface area contributed by atoms with E-state index in [-0.39, 0.29) is 10.6 Å². The third-order valence-corrected chi connectivity index (χ3v) is 4.57. The molecule has 1 aromatic carbocycles. The van der Waals surface area contributed by atoms with E-state index in [2.05, 4.69) is 5.32 Å². The maximum atomic E-state index is 12.1. The highest BCUT2D eigenvalue weighted by molar-refractivity contribution is 7.96. The van der Waals surface area contributed by atoms with Crippen LogP contribution in [0.15, 0.2) is 28.0 Å².